The summed E-state index contributed by atoms with van der Waals surface area (Å²) in [6.07, 6.45) is 0. The Labute approximate surface area is 125 Å². The Morgan fingerprint density at radius 1 is 1.27 bits per heavy atom. The van der Waals surface area contributed by atoms with E-state index >= 15 is 0 Å². The lowest BCUT2D eigenvalue weighted by molar-refractivity contribution is -0.384. The number of hydrogen-bond acceptors (Lipinski definition) is 6. The molecule has 1 heterocycles. The monoisotopic (exact) mass is 299 g/mol. The van der Waals surface area contributed by atoms with E-state index in [1.54, 1.807) is 16.8 Å². The van der Waals surface area contributed by atoms with Crippen LogP contribution < -0.4 is 10.1 Å². The van der Waals surface area contributed by atoms with E-state index < -0.39 is 4.92 Å². The molecule has 1 aromatic heterocycles. The third-order valence-corrected chi connectivity index (χ3v) is 3.17. The largest absolute Gasteiger partial charge is 0.473 e. The molecular formula is C14H13N5O3. The van der Waals surface area contributed by atoms with Gasteiger partial charge in [-0.2, -0.15) is 0 Å². The molecule has 0 aliphatic carbocycles. The number of nitro groups is 1. The van der Waals surface area contributed by atoms with E-state index in [1.807, 2.05) is 25.2 Å². The normalized spacial score (nSPS) is 10.6. The van der Waals surface area contributed by atoms with E-state index in [4.69, 9.17) is 4.74 Å². The average molecular weight is 299 g/mol. The SMILES string of the molecule is Cn1nnc2cc(NCOc3ccc([N+](=O)[O-])cc3)ccc21. The Balaban J connectivity index is 1.60. The Morgan fingerprint density at radius 2 is 2.05 bits per heavy atom. The maximum atomic E-state index is 10.6. The molecule has 0 saturated carbocycles. The molecule has 3 aromatic rings. The van der Waals surface area contributed by atoms with Gasteiger partial charge in [0, 0.05) is 24.9 Å². The van der Waals surface area contributed by atoms with Crippen molar-refractivity contribution in [1.82, 2.24) is 15.0 Å². The summed E-state index contributed by atoms with van der Waals surface area (Å²) >= 11 is 0. The highest BCUT2D eigenvalue weighted by Gasteiger charge is 2.05. The number of ether oxygens (including phenoxy) is 1. The van der Waals surface area contributed by atoms with Crippen molar-refractivity contribution in [2.24, 2.45) is 7.05 Å². The molecule has 112 valence electrons. The van der Waals surface area contributed by atoms with Gasteiger partial charge in [0.1, 0.15) is 11.3 Å². The molecule has 0 saturated heterocycles. The number of benzene rings is 2. The second kappa shape index (κ2) is 5.68. The first-order valence-electron chi connectivity index (χ1n) is 6.54. The molecule has 0 fully saturated rings. The second-order valence-electron chi connectivity index (χ2n) is 4.63. The number of non-ortho nitro benzene ring substituents is 1. The number of anilines is 1. The second-order valence-corrected chi connectivity index (χ2v) is 4.63. The van der Waals surface area contributed by atoms with Crippen molar-refractivity contribution in [3.05, 3.63) is 52.6 Å². The van der Waals surface area contributed by atoms with Crippen LogP contribution in [0.15, 0.2) is 42.5 Å². The number of nitrogens with one attached hydrogen (secondary N) is 1. The zero-order valence-electron chi connectivity index (χ0n) is 11.8. The lowest BCUT2D eigenvalue weighted by Crippen LogP contribution is -2.08. The molecule has 0 radical (unpaired) electrons. The standard InChI is InChI=1S/C14H13N5O3/c1-18-14-7-2-10(8-13(14)16-17-18)15-9-22-12-5-3-11(4-6-12)19(20)21/h2-8,15H,9H2,1H3. The summed E-state index contributed by atoms with van der Waals surface area (Å²) in [5.41, 5.74) is 2.63. The minimum atomic E-state index is -0.446. The van der Waals surface area contributed by atoms with Crippen molar-refractivity contribution in [1.29, 1.82) is 0 Å². The molecule has 0 aliphatic rings. The van der Waals surface area contributed by atoms with Gasteiger partial charge in [-0.25, -0.2) is 4.68 Å². The van der Waals surface area contributed by atoms with E-state index in [2.05, 4.69) is 15.6 Å². The van der Waals surface area contributed by atoms with Gasteiger partial charge in [-0.3, -0.25) is 10.1 Å². The molecule has 3 rings (SSSR count). The van der Waals surface area contributed by atoms with Gasteiger partial charge in [-0.05, 0) is 30.3 Å². The van der Waals surface area contributed by atoms with Crippen LogP contribution in [0.4, 0.5) is 11.4 Å². The zero-order valence-corrected chi connectivity index (χ0v) is 11.8. The fraction of sp³-hybridized carbons (Fsp3) is 0.143. The molecule has 0 unspecified atom stereocenters. The molecule has 0 atom stereocenters. The Hall–Kier alpha value is -3.16. The highest BCUT2D eigenvalue weighted by molar-refractivity contribution is 5.78. The number of nitro benzene ring substituents is 1. The van der Waals surface area contributed by atoms with Gasteiger partial charge in [0.15, 0.2) is 6.73 Å². The van der Waals surface area contributed by atoms with Crippen molar-refractivity contribution in [3.8, 4) is 5.75 Å². The van der Waals surface area contributed by atoms with Crippen LogP contribution in [-0.2, 0) is 7.05 Å². The van der Waals surface area contributed by atoms with Gasteiger partial charge >= 0.3 is 0 Å². The summed E-state index contributed by atoms with van der Waals surface area (Å²) in [7, 11) is 1.83. The van der Waals surface area contributed by atoms with Crippen molar-refractivity contribution in [2.45, 2.75) is 0 Å². The first-order valence-corrected chi connectivity index (χ1v) is 6.54. The molecule has 0 spiro atoms. The predicted molar refractivity (Wildman–Crippen MR) is 80.7 cm³/mol. The third kappa shape index (κ3) is 2.80. The minimum Gasteiger partial charge on any atom is -0.473 e. The number of nitrogens with zero attached hydrogens (tertiary/aromatic N) is 4. The van der Waals surface area contributed by atoms with E-state index in [1.165, 1.54) is 12.1 Å². The van der Waals surface area contributed by atoms with Gasteiger partial charge in [0.05, 0.1) is 10.4 Å². The van der Waals surface area contributed by atoms with Crippen LogP contribution in [-0.4, -0.2) is 26.6 Å². The van der Waals surface area contributed by atoms with Crippen LogP contribution in [0.1, 0.15) is 0 Å². The maximum Gasteiger partial charge on any atom is 0.269 e. The molecule has 0 aliphatic heterocycles. The van der Waals surface area contributed by atoms with Crippen molar-refractivity contribution in [3.63, 3.8) is 0 Å². The summed E-state index contributed by atoms with van der Waals surface area (Å²) in [6.45, 7) is 0.240. The van der Waals surface area contributed by atoms with Crippen LogP contribution in [0.5, 0.6) is 5.75 Å². The summed E-state index contributed by atoms with van der Waals surface area (Å²) < 4.78 is 7.19. The van der Waals surface area contributed by atoms with Crippen molar-refractivity contribution < 1.29 is 9.66 Å². The fourth-order valence-electron chi connectivity index (χ4n) is 2.02. The number of aryl methyl sites for hydroxylation is 1. The average Bonchev–Trinajstić information content (AvgIpc) is 2.89. The first kappa shape index (κ1) is 13.8. The predicted octanol–water partition coefficient (Wildman–Crippen LogP) is 2.32. The quantitative estimate of drug-likeness (QED) is 0.441. The first-order chi connectivity index (χ1) is 10.6. The summed E-state index contributed by atoms with van der Waals surface area (Å²) in [5, 5.41) is 21.6. The van der Waals surface area contributed by atoms with Crippen LogP contribution in [0.3, 0.4) is 0 Å². The zero-order chi connectivity index (χ0) is 15.5. The summed E-state index contributed by atoms with van der Waals surface area (Å²) in [5.74, 6) is 0.554. The van der Waals surface area contributed by atoms with Gasteiger partial charge in [-0.15, -0.1) is 5.10 Å². The Morgan fingerprint density at radius 3 is 2.77 bits per heavy atom. The smallest absolute Gasteiger partial charge is 0.269 e. The highest BCUT2D eigenvalue weighted by atomic mass is 16.6. The van der Waals surface area contributed by atoms with Gasteiger partial charge in [0.2, 0.25) is 0 Å². The van der Waals surface area contributed by atoms with E-state index in [0.717, 1.165) is 16.7 Å². The van der Waals surface area contributed by atoms with E-state index in [-0.39, 0.29) is 12.4 Å². The highest BCUT2D eigenvalue weighted by Crippen LogP contribution is 2.18. The lowest BCUT2D eigenvalue weighted by atomic mass is 10.3. The fourth-order valence-corrected chi connectivity index (χ4v) is 2.02. The molecule has 1 N–H and O–H groups in total. The molecular weight excluding hydrogens is 286 g/mol. The number of rotatable bonds is 5. The summed E-state index contributed by atoms with van der Waals surface area (Å²) in [4.78, 5) is 10.1. The number of hydrogen-bond donors (Lipinski definition) is 1. The Kier molecular flexibility index (Phi) is 3.57. The van der Waals surface area contributed by atoms with Crippen molar-refractivity contribution >= 4 is 22.4 Å². The van der Waals surface area contributed by atoms with Crippen LogP contribution in [0, 0.1) is 10.1 Å². The van der Waals surface area contributed by atoms with Crippen LogP contribution >= 0.6 is 0 Å². The van der Waals surface area contributed by atoms with E-state index in [0.29, 0.717) is 5.75 Å². The van der Waals surface area contributed by atoms with Gasteiger partial charge < -0.3 is 10.1 Å². The maximum absolute atomic E-state index is 10.6. The van der Waals surface area contributed by atoms with E-state index in [9.17, 15) is 10.1 Å². The molecule has 22 heavy (non-hydrogen) atoms. The molecule has 0 amide bonds. The lowest BCUT2D eigenvalue weighted by Gasteiger charge is -2.08. The number of fused-ring (bicyclic) bond motifs is 1. The van der Waals surface area contributed by atoms with Gasteiger partial charge in [0.25, 0.3) is 5.69 Å². The molecule has 2 aromatic carbocycles. The molecule has 8 heteroatoms. The van der Waals surface area contributed by atoms with Gasteiger partial charge in [-0.1, -0.05) is 5.21 Å². The third-order valence-electron chi connectivity index (χ3n) is 3.17. The van der Waals surface area contributed by atoms with Crippen molar-refractivity contribution in [2.75, 3.05) is 12.0 Å². The number of aromatic nitrogens is 3. The summed E-state index contributed by atoms with van der Waals surface area (Å²) in [6, 6.07) is 11.6. The molecule has 0 bridgehead atoms. The molecule has 8 nitrogen and oxygen atoms in total. The van der Waals surface area contributed by atoms with Crippen LogP contribution in [0.2, 0.25) is 0 Å². The topological polar surface area (TPSA) is 95.1 Å². The minimum absolute atomic E-state index is 0.0356. The van der Waals surface area contributed by atoms with Crippen LogP contribution in [0.25, 0.3) is 11.0 Å². The Bertz CT molecular complexity index is 813.